The Morgan fingerprint density at radius 1 is 1.35 bits per heavy atom. The fourth-order valence-electron chi connectivity index (χ4n) is 1.13. The van der Waals surface area contributed by atoms with Crippen LogP contribution in [0.3, 0.4) is 0 Å². The number of carboxylic acid groups (broad SMARTS) is 1. The summed E-state index contributed by atoms with van der Waals surface area (Å²) in [5.41, 5.74) is 4.91. The minimum absolute atomic E-state index is 0.00807. The second kappa shape index (κ2) is 8.37. The Hall–Kier alpha value is -1.79. The minimum atomic E-state index is -1.18. The molecule has 0 spiro atoms. The van der Waals surface area contributed by atoms with Crippen LogP contribution in [0.4, 0.5) is 4.79 Å². The van der Waals surface area contributed by atoms with Crippen molar-refractivity contribution in [1.29, 1.82) is 0 Å². The van der Waals surface area contributed by atoms with Gasteiger partial charge in [-0.15, -0.1) is 0 Å². The topological polar surface area (TPSA) is 122 Å². The molecule has 17 heavy (non-hydrogen) atoms. The van der Waals surface area contributed by atoms with Gasteiger partial charge in [-0.3, -0.25) is 4.79 Å². The number of primary amides is 1. The van der Waals surface area contributed by atoms with E-state index in [4.69, 9.17) is 10.8 Å². The quantitative estimate of drug-likeness (QED) is 0.442. The lowest BCUT2D eigenvalue weighted by atomic mass is 10.1. The summed E-state index contributed by atoms with van der Waals surface area (Å²) in [6, 6.07) is -1.64. The summed E-state index contributed by atoms with van der Waals surface area (Å²) in [7, 11) is 0. The molecule has 98 valence electrons. The third kappa shape index (κ3) is 8.06. The van der Waals surface area contributed by atoms with E-state index in [9.17, 15) is 14.4 Å². The number of rotatable bonds is 8. The van der Waals surface area contributed by atoms with Gasteiger partial charge in [-0.2, -0.15) is 0 Å². The first-order valence-electron chi connectivity index (χ1n) is 5.52. The van der Waals surface area contributed by atoms with Crippen molar-refractivity contribution in [1.82, 2.24) is 10.6 Å². The maximum Gasteiger partial charge on any atom is 0.326 e. The van der Waals surface area contributed by atoms with Crippen molar-refractivity contribution in [2.45, 2.75) is 38.6 Å². The lowest BCUT2D eigenvalue weighted by Crippen LogP contribution is -2.46. The summed E-state index contributed by atoms with van der Waals surface area (Å²) in [5.74, 6) is -1.78. The van der Waals surface area contributed by atoms with Gasteiger partial charge in [-0.1, -0.05) is 13.3 Å². The second-order valence-electron chi connectivity index (χ2n) is 3.65. The van der Waals surface area contributed by atoms with Crippen LogP contribution in [0, 0.1) is 0 Å². The van der Waals surface area contributed by atoms with E-state index in [0.717, 1.165) is 12.8 Å². The first kappa shape index (κ1) is 15.2. The molecular weight excluding hydrogens is 226 g/mol. The van der Waals surface area contributed by atoms with Gasteiger partial charge in [0.2, 0.25) is 5.91 Å². The molecule has 5 N–H and O–H groups in total. The highest BCUT2D eigenvalue weighted by Crippen LogP contribution is 1.97. The highest BCUT2D eigenvalue weighted by molar-refractivity contribution is 5.83. The first-order valence-corrected chi connectivity index (χ1v) is 5.52. The SMILES string of the molecule is CCCCNC(=O)N[C@H](CCC(N)=O)C(=O)O. The van der Waals surface area contributed by atoms with Gasteiger partial charge < -0.3 is 21.5 Å². The molecule has 3 amide bonds. The zero-order valence-corrected chi connectivity index (χ0v) is 9.86. The number of nitrogens with one attached hydrogen (secondary N) is 2. The Labute approximate surface area is 99.7 Å². The van der Waals surface area contributed by atoms with Crippen LogP contribution >= 0.6 is 0 Å². The highest BCUT2D eigenvalue weighted by Gasteiger charge is 2.19. The molecule has 0 bridgehead atoms. The number of hydrogen-bond acceptors (Lipinski definition) is 3. The molecule has 0 rings (SSSR count). The van der Waals surface area contributed by atoms with E-state index in [0.29, 0.717) is 6.54 Å². The van der Waals surface area contributed by atoms with Crippen molar-refractivity contribution in [2.24, 2.45) is 5.73 Å². The molecule has 0 aromatic carbocycles. The Morgan fingerprint density at radius 2 is 2.00 bits per heavy atom. The number of nitrogens with two attached hydrogens (primary N) is 1. The molecule has 0 aromatic rings. The second-order valence-corrected chi connectivity index (χ2v) is 3.65. The van der Waals surface area contributed by atoms with Crippen molar-refractivity contribution in [2.75, 3.05) is 6.54 Å². The third-order valence-electron chi connectivity index (χ3n) is 2.10. The van der Waals surface area contributed by atoms with Crippen molar-refractivity contribution in [3.63, 3.8) is 0 Å². The maximum atomic E-state index is 11.3. The fourth-order valence-corrected chi connectivity index (χ4v) is 1.13. The van der Waals surface area contributed by atoms with Gasteiger partial charge in [0.15, 0.2) is 0 Å². The van der Waals surface area contributed by atoms with E-state index in [1.165, 1.54) is 0 Å². The maximum absolute atomic E-state index is 11.3. The molecule has 0 aliphatic rings. The number of aliphatic carboxylic acids is 1. The van der Waals surface area contributed by atoms with Crippen LogP contribution in [-0.2, 0) is 9.59 Å². The summed E-state index contributed by atoms with van der Waals surface area (Å²) >= 11 is 0. The molecule has 7 nitrogen and oxygen atoms in total. The van der Waals surface area contributed by atoms with Gasteiger partial charge in [-0.25, -0.2) is 9.59 Å². The summed E-state index contributed by atoms with van der Waals surface area (Å²) in [4.78, 5) is 32.6. The smallest absolute Gasteiger partial charge is 0.326 e. The Balaban J connectivity index is 4.02. The summed E-state index contributed by atoms with van der Waals surface area (Å²) in [6.45, 7) is 2.47. The van der Waals surface area contributed by atoms with E-state index < -0.39 is 23.9 Å². The van der Waals surface area contributed by atoms with Gasteiger partial charge in [0.25, 0.3) is 0 Å². The molecule has 0 fully saturated rings. The zero-order valence-electron chi connectivity index (χ0n) is 9.86. The number of amides is 3. The van der Waals surface area contributed by atoms with Crippen LogP contribution < -0.4 is 16.4 Å². The van der Waals surface area contributed by atoms with Crippen LogP contribution in [-0.4, -0.2) is 35.6 Å². The first-order chi connectivity index (χ1) is 7.97. The Morgan fingerprint density at radius 3 is 2.47 bits per heavy atom. The number of carboxylic acids is 1. The van der Waals surface area contributed by atoms with Gasteiger partial charge in [0.05, 0.1) is 0 Å². The van der Waals surface area contributed by atoms with Crippen LogP contribution in [0.25, 0.3) is 0 Å². The number of unbranched alkanes of at least 4 members (excludes halogenated alkanes) is 1. The van der Waals surface area contributed by atoms with E-state index in [1.807, 2.05) is 6.92 Å². The molecule has 0 radical (unpaired) electrons. The number of urea groups is 1. The Kier molecular flexibility index (Phi) is 7.49. The Bertz CT molecular complexity index is 281. The van der Waals surface area contributed by atoms with Gasteiger partial charge in [0, 0.05) is 13.0 Å². The minimum Gasteiger partial charge on any atom is -0.480 e. The highest BCUT2D eigenvalue weighted by atomic mass is 16.4. The van der Waals surface area contributed by atoms with Crippen molar-refractivity contribution in [3.8, 4) is 0 Å². The van der Waals surface area contributed by atoms with Crippen molar-refractivity contribution >= 4 is 17.9 Å². The van der Waals surface area contributed by atoms with Crippen LogP contribution in [0.1, 0.15) is 32.6 Å². The van der Waals surface area contributed by atoms with Crippen LogP contribution in [0.15, 0.2) is 0 Å². The lowest BCUT2D eigenvalue weighted by Gasteiger charge is -2.14. The van der Waals surface area contributed by atoms with E-state index in [2.05, 4.69) is 10.6 Å². The summed E-state index contributed by atoms with van der Waals surface area (Å²) in [6.07, 6.45) is 1.68. The van der Waals surface area contributed by atoms with Gasteiger partial charge >= 0.3 is 12.0 Å². The monoisotopic (exact) mass is 245 g/mol. The number of carbonyl (C=O) groups is 3. The molecule has 0 aromatic heterocycles. The average molecular weight is 245 g/mol. The lowest BCUT2D eigenvalue weighted by molar-refractivity contribution is -0.139. The number of hydrogen-bond donors (Lipinski definition) is 4. The molecule has 0 heterocycles. The predicted molar refractivity (Wildman–Crippen MR) is 61.3 cm³/mol. The molecule has 0 unspecified atom stereocenters. The molecule has 0 aliphatic heterocycles. The normalized spacial score (nSPS) is 11.6. The van der Waals surface area contributed by atoms with E-state index in [-0.39, 0.29) is 12.8 Å². The molecule has 0 saturated heterocycles. The average Bonchev–Trinajstić information content (AvgIpc) is 2.23. The molecular formula is C10H19N3O4. The fraction of sp³-hybridized carbons (Fsp3) is 0.700. The summed E-state index contributed by atoms with van der Waals surface area (Å²) in [5, 5.41) is 13.6. The standard InChI is InChI=1S/C10H19N3O4/c1-2-3-6-12-10(17)13-7(9(15)16)4-5-8(11)14/h7H,2-6H2,1H3,(H2,11,14)(H,15,16)(H2,12,13,17)/t7-/m1/s1. The van der Waals surface area contributed by atoms with E-state index in [1.54, 1.807) is 0 Å². The molecule has 7 heteroatoms. The van der Waals surface area contributed by atoms with Crippen LogP contribution in [0.5, 0.6) is 0 Å². The van der Waals surface area contributed by atoms with Gasteiger partial charge in [0.1, 0.15) is 6.04 Å². The molecule has 1 atom stereocenters. The van der Waals surface area contributed by atoms with Crippen molar-refractivity contribution < 1.29 is 19.5 Å². The third-order valence-corrected chi connectivity index (χ3v) is 2.10. The van der Waals surface area contributed by atoms with Crippen LogP contribution in [0.2, 0.25) is 0 Å². The molecule has 0 saturated carbocycles. The zero-order chi connectivity index (χ0) is 13.3. The molecule has 0 aliphatic carbocycles. The predicted octanol–water partition coefficient (Wildman–Crippen LogP) is -0.196. The largest absolute Gasteiger partial charge is 0.480 e. The van der Waals surface area contributed by atoms with Gasteiger partial charge in [-0.05, 0) is 12.8 Å². The summed E-state index contributed by atoms with van der Waals surface area (Å²) < 4.78 is 0. The van der Waals surface area contributed by atoms with E-state index >= 15 is 0 Å². The van der Waals surface area contributed by atoms with Crippen molar-refractivity contribution in [3.05, 3.63) is 0 Å². The number of carbonyl (C=O) groups excluding carboxylic acids is 2.